The second-order valence-corrected chi connectivity index (χ2v) is 7.08. The van der Waals surface area contributed by atoms with Gasteiger partial charge in [-0.05, 0) is 46.5 Å². The first-order chi connectivity index (χ1) is 9.65. The molecule has 2 rings (SSSR count). The molecule has 1 N–H and O–H groups in total. The summed E-state index contributed by atoms with van der Waals surface area (Å²) in [5.74, 6) is -1.12. The Balaban J connectivity index is 2.14. The van der Waals surface area contributed by atoms with Gasteiger partial charge in [0.2, 0.25) is 0 Å². The number of amides is 1. The molecule has 1 amide bonds. The van der Waals surface area contributed by atoms with Crippen LogP contribution in [0.5, 0.6) is 0 Å². The molecule has 0 aromatic heterocycles. The molecule has 2 fully saturated rings. The third kappa shape index (κ3) is 3.31. The Hall–Kier alpha value is -1.30. The summed E-state index contributed by atoms with van der Waals surface area (Å²) >= 11 is 0. The molecule has 1 aliphatic heterocycles. The number of aliphatic carboxylic acids is 1. The molecule has 2 aliphatic rings. The van der Waals surface area contributed by atoms with E-state index in [2.05, 4.69) is 0 Å². The molecule has 2 unspecified atom stereocenters. The van der Waals surface area contributed by atoms with Crippen LogP contribution in [0.4, 0.5) is 4.79 Å². The van der Waals surface area contributed by atoms with Gasteiger partial charge in [0.05, 0.1) is 18.1 Å². The van der Waals surface area contributed by atoms with Crippen LogP contribution in [-0.2, 0) is 14.3 Å². The Bertz CT molecular complexity index is 430. The monoisotopic (exact) mass is 299 g/mol. The molecule has 0 bridgehead atoms. The lowest BCUT2D eigenvalue weighted by molar-refractivity contribution is -0.148. The van der Waals surface area contributed by atoms with E-state index in [-0.39, 0.29) is 18.2 Å². The Kier molecular flexibility index (Phi) is 4.19. The fourth-order valence-corrected chi connectivity index (χ4v) is 3.21. The van der Waals surface area contributed by atoms with Gasteiger partial charge in [0.25, 0.3) is 0 Å². The van der Waals surface area contributed by atoms with E-state index in [9.17, 15) is 14.7 Å². The van der Waals surface area contributed by atoms with Gasteiger partial charge in [-0.3, -0.25) is 9.69 Å². The van der Waals surface area contributed by atoms with E-state index in [1.54, 1.807) is 11.8 Å². The normalized spacial score (nSPS) is 30.5. The smallest absolute Gasteiger partial charge is 0.410 e. The first-order valence-electron chi connectivity index (χ1n) is 7.42. The second-order valence-electron chi connectivity index (χ2n) is 7.08. The summed E-state index contributed by atoms with van der Waals surface area (Å²) in [6, 6.07) is -0.0387. The maximum Gasteiger partial charge on any atom is 0.410 e. The van der Waals surface area contributed by atoms with Crippen LogP contribution in [0.25, 0.3) is 0 Å². The van der Waals surface area contributed by atoms with Gasteiger partial charge >= 0.3 is 12.1 Å². The van der Waals surface area contributed by atoms with Crippen molar-refractivity contribution in [1.29, 1.82) is 0 Å². The summed E-state index contributed by atoms with van der Waals surface area (Å²) in [4.78, 5) is 25.4. The lowest BCUT2D eigenvalue weighted by Crippen LogP contribution is -2.50. The van der Waals surface area contributed by atoms with Gasteiger partial charge in [0.15, 0.2) is 0 Å². The van der Waals surface area contributed by atoms with Crippen molar-refractivity contribution in [2.45, 2.75) is 64.3 Å². The highest BCUT2D eigenvalue weighted by Crippen LogP contribution is 2.50. The predicted octanol–water partition coefficient (Wildman–Crippen LogP) is 2.12. The van der Waals surface area contributed by atoms with Crippen LogP contribution in [0.2, 0.25) is 0 Å². The summed E-state index contributed by atoms with van der Waals surface area (Å²) < 4.78 is 10.9. The van der Waals surface area contributed by atoms with Crippen LogP contribution in [0, 0.1) is 11.8 Å². The zero-order valence-corrected chi connectivity index (χ0v) is 13.3. The van der Waals surface area contributed by atoms with Crippen LogP contribution < -0.4 is 0 Å². The van der Waals surface area contributed by atoms with Gasteiger partial charge in [0, 0.05) is 13.2 Å². The van der Waals surface area contributed by atoms with E-state index in [4.69, 9.17) is 9.47 Å². The van der Waals surface area contributed by atoms with Gasteiger partial charge in [0.1, 0.15) is 5.60 Å². The van der Waals surface area contributed by atoms with E-state index in [1.165, 1.54) is 7.11 Å². The van der Waals surface area contributed by atoms with Gasteiger partial charge in [-0.15, -0.1) is 0 Å². The lowest BCUT2D eigenvalue weighted by Gasteiger charge is -2.35. The Morgan fingerprint density at radius 2 is 1.90 bits per heavy atom. The van der Waals surface area contributed by atoms with Crippen LogP contribution >= 0.6 is 0 Å². The zero-order valence-electron chi connectivity index (χ0n) is 13.3. The van der Waals surface area contributed by atoms with E-state index in [0.29, 0.717) is 5.92 Å². The number of fused-ring (bicyclic) bond motifs is 1. The molecule has 0 spiro atoms. The fourth-order valence-electron chi connectivity index (χ4n) is 3.21. The third-order valence-corrected chi connectivity index (χ3v) is 4.28. The van der Waals surface area contributed by atoms with Gasteiger partial charge in [-0.2, -0.15) is 0 Å². The summed E-state index contributed by atoms with van der Waals surface area (Å²) in [6.45, 7) is 7.10. The minimum atomic E-state index is -0.911. The van der Waals surface area contributed by atoms with Crippen molar-refractivity contribution in [3.8, 4) is 0 Å². The molecule has 0 aromatic rings. The highest BCUT2D eigenvalue weighted by atomic mass is 16.6. The Morgan fingerprint density at radius 3 is 2.38 bits per heavy atom. The highest BCUT2D eigenvalue weighted by Gasteiger charge is 2.58. The van der Waals surface area contributed by atoms with Gasteiger partial charge < -0.3 is 14.6 Å². The van der Waals surface area contributed by atoms with Crippen LogP contribution in [0.3, 0.4) is 0 Å². The average Bonchev–Trinajstić information content (AvgIpc) is 2.98. The molecule has 5 atom stereocenters. The minimum Gasteiger partial charge on any atom is -0.481 e. The summed E-state index contributed by atoms with van der Waals surface area (Å²) in [7, 11) is 1.50. The number of nitrogens with zero attached hydrogens (tertiary/aromatic N) is 1. The number of carboxylic acid groups (broad SMARTS) is 1. The molecule has 1 heterocycles. The molecular formula is C15H25NO5. The topological polar surface area (TPSA) is 76.1 Å². The van der Waals surface area contributed by atoms with Crippen LogP contribution in [0.1, 0.15) is 40.5 Å². The number of hydrogen-bond acceptors (Lipinski definition) is 4. The Labute approximate surface area is 125 Å². The van der Waals surface area contributed by atoms with E-state index < -0.39 is 23.6 Å². The maximum atomic E-state index is 12.4. The van der Waals surface area contributed by atoms with Crippen molar-refractivity contribution in [2.75, 3.05) is 7.11 Å². The molecule has 1 saturated carbocycles. The summed E-state index contributed by atoms with van der Waals surface area (Å²) in [5.41, 5.74) is -0.560. The number of likely N-dealkylation sites (tertiary alicyclic amines) is 1. The van der Waals surface area contributed by atoms with Crippen molar-refractivity contribution in [1.82, 2.24) is 4.90 Å². The number of rotatable bonds is 4. The van der Waals surface area contributed by atoms with Crippen molar-refractivity contribution in [3.63, 3.8) is 0 Å². The number of carbonyl (C=O) groups excluding carboxylic acids is 1. The highest BCUT2D eigenvalue weighted by molar-refractivity contribution is 5.72. The van der Waals surface area contributed by atoms with Crippen molar-refractivity contribution in [2.24, 2.45) is 11.8 Å². The van der Waals surface area contributed by atoms with Crippen molar-refractivity contribution < 1.29 is 24.2 Å². The largest absolute Gasteiger partial charge is 0.481 e. The number of methoxy groups -OCH3 is 1. The SMILES string of the molecule is COC(C1C[C@@H]2C[C@@H]2N1C(=O)OC(C)(C)C)[C@@H](C)C(=O)O. The third-order valence-electron chi connectivity index (χ3n) is 4.28. The van der Waals surface area contributed by atoms with E-state index >= 15 is 0 Å². The molecule has 1 aliphatic carbocycles. The van der Waals surface area contributed by atoms with Crippen molar-refractivity contribution >= 4 is 12.1 Å². The number of ether oxygens (including phenoxy) is 2. The van der Waals surface area contributed by atoms with Crippen LogP contribution in [0.15, 0.2) is 0 Å². The first kappa shape index (κ1) is 16.1. The molecule has 120 valence electrons. The number of hydrogen-bond donors (Lipinski definition) is 1. The van der Waals surface area contributed by atoms with E-state index in [0.717, 1.165) is 12.8 Å². The quantitative estimate of drug-likeness (QED) is 0.860. The lowest BCUT2D eigenvalue weighted by atomic mass is 9.94. The molecular weight excluding hydrogens is 274 g/mol. The van der Waals surface area contributed by atoms with Crippen molar-refractivity contribution in [3.05, 3.63) is 0 Å². The minimum absolute atomic E-state index is 0.184. The number of carbonyl (C=O) groups is 2. The summed E-state index contributed by atoms with van der Waals surface area (Å²) in [6.07, 6.45) is 0.896. The standard InChI is InChI=1S/C15H25NO5/c1-8(13(17)18)12(20-5)11-7-9-6-10(9)16(11)14(19)21-15(2,3)4/h8-12H,6-7H2,1-5H3,(H,17,18)/t8-,9+,10+,11?,12?/m1/s1. The second kappa shape index (κ2) is 5.48. The zero-order chi connectivity index (χ0) is 15.9. The first-order valence-corrected chi connectivity index (χ1v) is 7.42. The molecule has 6 nitrogen and oxygen atoms in total. The molecule has 21 heavy (non-hydrogen) atoms. The number of piperidine rings is 1. The predicted molar refractivity (Wildman–Crippen MR) is 76.0 cm³/mol. The maximum absolute atomic E-state index is 12.4. The number of carboxylic acids is 1. The molecule has 0 aromatic carbocycles. The summed E-state index contributed by atoms with van der Waals surface area (Å²) in [5, 5.41) is 9.22. The Morgan fingerprint density at radius 1 is 1.29 bits per heavy atom. The average molecular weight is 299 g/mol. The molecule has 0 radical (unpaired) electrons. The van der Waals surface area contributed by atoms with Gasteiger partial charge in [-0.25, -0.2) is 4.79 Å². The van der Waals surface area contributed by atoms with Gasteiger partial charge in [-0.1, -0.05) is 0 Å². The molecule has 1 saturated heterocycles. The fraction of sp³-hybridized carbons (Fsp3) is 0.867. The van der Waals surface area contributed by atoms with Crippen LogP contribution in [-0.4, -0.2) is 53.0 Å². The van der Waals surface area contributed by atoms with E-state index in [1.807, 2.05) is 20.8 Å². The molecule has 6 heteroatoms.